The lowest BCUT2D eigenvalue weighted by molar-refractivity contribution is 0.762. The third-order valence-corrected chi connectivity index (χ3v) is 3.76. The van der Waals surface area contributed by atoms with Gasteiger partial charge < -0.3 is 10.6 Å². The molecule has 0 amide bonds. The number of rotatable bonds is 7. The van der Waals surface area contributed by atoms with Gasteiger partial charge in [0.25, 0.3) is 0 Å². The molecule has 24 heavy (non-hydrogen) atoms. The van der Waals surface area contributed by atoms with Crippen molar-refractivity contribution in [2.45, 2.75) is 33.1 Å². The van der Waals surface area contributed by atoms with E-state index in [1.165, 1.54) is 0 Å². The molecule has 0 bridgehead atoms. The second kappa shape index (κ2) is 7.25. The monoisotopic (exact) mass is 325 g/mol. The highest BCUT2D eigenvalue weighted by Crippen LogP contribution is 2.19. The fourth-order valence-electron chi connectivity index (χ4n) is 2.36. The average molecular weight is 325 g/mol. The third-order valence-electron chi connectivity index (χ3n) is 3.76. The van der Waals surface area contributed by atoms with Crippen LogP contribution in [0.3, 0.4) is 0 Å². The fourth-order valence-corrected chi connectivity index (χ4v) is 2.36. The molecule has 0 spiro atoms. The highest BCUT2D eigenvalue weighted by Gasteiger charge is 2.09. The van der Waals surface area contributed by atoms with Gasteiger partial charge in [0.1, 0.15) is 12.1 Å². The molecule has 0 radical (unpaired) electrons. The molecule has 126 valence electrons. The zero-order chi connectivity index (χ0) is 16.9. The molecule has 0 unspecified atom stereocenters. The number of anilines is 2. The Labute approximate surface area is 141 Å². The van der Waals surface area contributed by atoms with Crippen molar-refractivity contribution in [1.82, 2.24) is 24.8 Å². The van der Waals surface area contributed by atoms with Crippen LogP contribution in [0.1, 0.15) is 37.4 Å². The Morgan fingerprint density at radius 2 is 2.00 bits per heavy atom. The van der Waals surface area contributed by atoms with Crippen LogP contribution in [-0.2, 0) is 0 Å². The highest BCUT2D eigenvalue weighted by molar-refractivity contribution is 5.66. The number of pyridine rings is 1. The molecule has 0 aliphatic carbocycles. The van der Waals surface area contributed by atoms with Gasteiger partial charge in [0, 0.05) is 19.3 Å². The lowest BCUT2D eigenvalue weighted by Crippen LogP contribution is -2.11. The largest absolute Gasteiger partial charge is 0.382 e. The Morgan fingerprint density at radius 1 is 1.17 bits per heavy atom. The summed E-state index contributed by atoms with van der Waals surface area (Å²) in [7, 11) is 0. The molecule has 3 heterocycles. The number of aryl methyl sites for hydroxylation is 1. The van der Waals surface area contributed by atoms with E-state index in [0.29, 0.717) is 5.92 Å². The molecule has 3 aromatic rings. The first kappa shape index (κ1) is 16.2. The van der Waals surface area contributed by atoms with E-state index in [0.717, 1.165) is 47.9 Å². The Balaban J connectivity index is 1.55. The van der Waals surface area contributed by atoms with Crippen molar-refractivity contribution < 1.29 is 0 Å². The molecule has 0 saturated heterocycles. The van der Waals surface area contributed by atoms with Gasteiger partial charge in [-0.25, -0.2) is 4.98 Å². The summed E-state index contributed by atoms with van der Waals surface area (Å²) in [5.74, 6) is 1.26. The van der Waals surface area contributed by atoms with Crippen LogP contribution in [0.2, 0.25) is 0 Å². The van der Waals surface area contributed by atoms with Crippen molar-refractivity contribution in [1.29, 1.82) is 0 Å². The maximum Gasteiger partial charge on any atom is 0.200 e. The summed E-state index contributed by atoms with van der Waals surface area (Å²) in [6, 6.07) is 6.12. The minimum atomic E-state index is 0.353. The molecule has 0 atom stereocenters. The Bertz CT molecular complexity index is 792. The summed E-state index contributed by atoms with van der Waals surface area (Å²) in [5.41, 5.74) is 3.91. The van der Waals surface area contributed by atoms with Crippen LogP contribution in [0.25, 0.3) is 5.65 Å². The number of fused-ring (bicyclic) bond motifs is 1. The van der Waals surface area contributed by atoms with E-state index in [4.69, 9.17) is 0 Å². The molecule has 7 heteroatoms. The van der Waals surface area contributed by atoms with Gasteiger partial charge in [0.05, 0.1) is 11.4 Å². The second-order valence-corrected chi connectivity index (χ2v) is 6.16. The average Bonchev–Trinajstić information content (AvgIpc) is 3.04. The van der Waals surface area contributed by atoms with Crippen LogP contribution in [-0.4, -0.2) is 37.9 Å². The van der Waals surface area contributed by atoms with Gasteiger partial charge in [-0.3, -0.25) is 0 Å². The van der Waals surface area contributed by atoms with Crippen LogP contribution in [0.4, 0.5) is 11.5 Å². The van der Waals surface area contributed by atoms with Crippen molar-refractivity contribution in [3.05, 3.63) is 42.0 Å². The van der Waals surface area contributed by atoms with Gasteiger partial charge in [0.2, 0.25) is 5.65 Å². The smallest absolute Gasteiger partial charge is 0.200 e. The van der Waals surface area contributed by atoms with E-state index < -0.39 is 0 Å². The molecule has 2 N–H and O–H groups in total. The fraction of sp³-hybridized carbons (Fsp3) is 0.412. The van der Waals surface area contributed by atoms with Gasteiger partial charge >= 0.3 is 0 Å². The molecule has 0 aromatic carbocycles. The summed E-state index contributed by atoms with van der Waals surface area (Å²) in [5, 5.41) is 19.4. The van der Waals surface area contributed by atoms with Gasteiger partial charge in [-0.15, -0.1) is 10.2 Å². The normalized spacial score (nSPS) is 11.2. The Kier molecular flexibility index (Phi) is 4.88. The van der Waals surface area contributed by atoms with Crippen molar-refractivity contribution in [3.63, 3.8) is 0 Å². The zero-order valence-electron chi connectivity index (χ0n) is 14.3. The molecule has 0 aliphatic rings. The molecule has 0 fully saturated rings. The molecule has 3 aromatic heterocycles. The third kappa shape index (κ3) is 3.79. The first-order chi connectivity index (χ1) is 11.6. The number of hydrogen-bond donors (Lipinski definition) is 2. The van der Waals surface area contributed by atoms with Gasteiger partial charge in [0.15, 0.2) is 0 Å². The lowest BCUT2D eigenvalue weighted by Gasteiger charge is -2.11. The van der Waals surface area contributed by atoms with E-state index in [-0.39, 0.29) is 0 Å². The SMILES string of the molecule is Cc1ccc(NCCCNc2cc(C(C)C)nn3cnnc23)nc1. The van der Waals surface area contributed by atoms with Gasteiger partial charge in [-0.1, -0.05) is 19.9 Å². The summed E-state index contributed by atoms with van der Waals surface area (Å²) >= 11 is 0. The summed E-state index contributed by atoms with van der Waals surface area (Å²) in [6.07, 6.45) is 4.47. The lowest BCUT2D eigenvalue weighted by atomic mass is 10.1. The molecule has 3 rings (SSSR count). The number of nitrogens with zero attached hydrogens (tertiary/aromatic N) is 5. The highest BCUT2D eigenvalue weighted by atomic mass is 15.3. The first-order valence-electron chi connectivity index (χ1n) is 8.25. The quantitative estimate of drug-likeness (QED) is 0.650. The predicted molar refractivity (Wildman–Crippen MR) is 95.4 cm³/mol. The van der Waals surface area contributed by atoms with E-state index in [1.807, 2.05) is 19.2 Å². The molecular weight excluding hydrogens is 302 g/mol. The number of aromatic nitrogens is 5. The molecule has 7 nitrogen and oxygen atoms in total. The predicted octanol–water partition coefficient (Wildman–Crippen LogP) is 2.87. The number of nitrogens with one attached hydrogen (secondary N) is 2. The Hall–Kier alpha value is -2.70. The molecule has 0 saturated carbocycles. The van der Waals surface area contributed by atoms with Crippen molar-refractivity contribution in [2.24, 2.45) is 0 Å². The second-order valence-electron chi connectivity index (χ2n) is 6.16. The van der Waals surface area contributed by atoms with Crippen molar-refractivity contribution in [2.75, 3.05) is 23.7 Å². The van der Waals surface area contributed by atoms with Crippen LogP contribution < -0.4 is 10.6 Å². The Morgan fingerprint density at radius 3 is 2.75 bits per heavy atom. The topological polar surface area (TPSA) is 80.0 Å². The summed E-state index contributed by atoms with van der Waals surface area (Å²) in [4.78, 5) is 4.34. The van der Waals surface area contributed by atoms with E-state index in [1.54, 1.807) is 10.8 Å². The molecular formula is C17H23N7. The van der Waals surface area contributed by atoms with Crippen molar-refractivity contribution >= 4 is 17.2 Å². The van der Waals surface area contributed by atoms with E-state index >= 15 is 0 Å². The standard InChI is InChI=1S/C17H23N7/c1-12(2)14-9-15(17-22-21-11-24(17)23-14)18-7-4-8-19-16-6-5-13(3)10-20-16/h5-6,9-12,18H,4,7-8H2,1-3H3,(H,19,20). The van der Waals surface area contributed by atoms with Gasteiger partial charge in [-0.2, -0.15) is 9.61 Å². The zero-order valence-corrected chi connectivity index (χ0v) is 14.3. The van der Waals surface area contributed by atoms with Crippen LogP contribution in [0.5, 0.6) is 0 Å². The number of hydrogen-bond acceptors (Lipinski definition) is 6. The van der Waals surface area contributed by atoms with Gasteiger partial charge in [-0.05, 0) is 37.0 Å². The van der Waals surface area contributed by atoms with Crippen LogP contribution >= 0.6 is 0 Å². The summed E-state index contributed by atoms with van der Waals surface area (Å²) in [6.45, 7) is 7.98. The minimum Gasteiger partial charge on any atom is -0.382 e. The minimum absolute atomic E-state index is 0.353. The van der Waals surface area contributed by atoms with Crippen molar-refractivity contribution in [3.8, 4) is 0 Å². The maximum absolute atomic E-state index is 4.52. The molecule has 0 aliphatic heterocycles. The van der Waals surface area contributed by atoms with Crippen LogP contribution in [0.15, 0.2) is 30.7 Å². The van der Waals surface area contributed by atoms with E-state index in [2.05, 4.69) is 56.9 Å². The van der Waals surface area contributed by atoms with Crippen LogP contribution in [0, 0.1) is 6.92 Å². The van der Waals surface area contributed by atoms with E-state index in [9.17, 15) is 0 Å². The maximum atomic E-state index is 4.52. The first-order valence-corrected chi connectivity index (χ1v) is 8.25. The summed E-state index contributed by atoms with van der Waals surface area (Å²) < 4.78 is 1.73.